The molecule has 4 heterocycles. The van der Waals surface area contributed by atoms with Crippen LogP contribution in [0.3, 0.4) is 0 Å². The Balaban J connectivity index is 1.34. The second-order valence-corrected chi connectivity index (χ2v) is 7.51. The number of aromatic nitrogens is 3. The molecule has 0 unspecified atom stereocenters. The third-order valence-corrected chi connectivity index (χ3v) is 5.51. The lowest BCUT2D eigenvalue weighted by molar-refractivity contribution is -0.127. The maximum atomic E-state index is 12.4. The number of nitrogens with zero attached hydrogens (tertiary/aromatic N) is 3. The van der Waals surface area contributed by atoms with Crippen molar-refractivity contribution in [3.8, 4) is 11.4 Å². The van der Waals surface area contributed by atoms with Crippen LogP contribution < -0.4 is 10.6 Å². The van der Waals surface area contributed by atoms with Crippen LogP contribution in [-0.2, 0) is 16.0 Å². The second-order valence-electron chi connectivity index (χ2n) is 6.53. The minimum absolute atomic E-state index is 0.0118. The fourth-order valence-electron chi connectivity index (χ4n) is 3.16. The first kappa shape index (κ1) is 18.3. The van der Waals surface area contributed by atoms with Crippen LogP contribution in [0.15, 0.2) is 46.6 Å². The third kappa shape index (κ3) is 4.25. The summed E-state index contributed by atoms with van der Waals surface area (Å²) in [4.78, 5) is 33.6. The first-order valence-electron chi connectivity index (χ1n) is 9.04. The van der Waals surface area contributed by atoms with Gasteiger partial charge in [-0.1, -0.05) is 11.2 Å². The van der Waals surface area contributed by atoms with Crippen LogP contribution >= 0.6 is 11.3 Å². The molecule has 0 bridgehead atoms. The Morgan fingerprint density at radius 1 is 1.36 bits per heavy atom. The molecule has 1 saturated heterocycles. The number of carbonyl (C=O) groups excluding carboxylic acids is 2. The number of hydrogen-bond acceptors (Lipinski definition) is 7. The van der Waals surface area contributed by atoms with E-state index in [1.54, 1.807) is 29.8 Å². The van der Waals surface area contributed by atoms with Gasteiger partial charge < -0.3 is 15.2 Å². The quantitative estimate of drug-likeness (QED) is 0.660. The Morgan fingerprint density at radius 2 is 2.29 bits per heavy atom. The van der Waals surface area contributed by atoms with Crippen molar-refractivity contribution in [2.75, 3.05) is 0 Å². The van der Waals surface area contributed by atoms with Gasteiger partial charge in [-0.25, -0.2) is 0 Å². The van der Waals surface area contributed by atoms with E-state index in [0.29, 0.717) is 31.0 Å². The molecule has 0 aromatic carbocycles. The molecule has 28 heavy (non-hydrogen) atoms. The molecule has 2 amide bonds. The zero-order valence-electron chi connectivity index (χ0n) is 15.0. The third-order valence-electron chi connectivity index (χ3n) is 4.55. The molecule has 1 fully saturated rings. The number of piperidine rings is 1. The summed E-state index contributed by atoms with van der Waals surface area (Å²) < 4.78 is 5.23. The highest BCUT2D eigenvalue weighted by Crippen LogP contribution is 2.27. The van der Waals surface area contributed by atoms with Crippen molar-refractivity contribution in [1.82, 2.24) is 25.8 Å². The molecule has 3 aromatic rings. The molecule has 0 radical (unpaired) electrons. The standard InChI is InChI=1S/C19H19N5O3S/c25-15(7-8-17-23-19(24-27-17)12-3-1-9-20-11-12)21-13-5-6-16(26)22-18(13)14-4-2-10-28-14/h1-4,9-11,13,18H,5-8H2,(H,21,25)(H,22,26)/t13-,18-/m1/s1. The van der Waals surface area contributed by atoms with Gasteiger partial charge >= 0.3 is 0 Å². The van der Waals surface area contributed by atoms with Gasteiger partial charge in [0.1, 0.15) is 0 Å². The fraction of sp³-hybridized carbons (Fsp3) is 0.316. The SMILES string of the molecule is O=C(CCc1nc(-c2cccnc2)no1)N[C@@H]1CCC(=O)N[C@H]1c1cccs1. The predicted octanol–water partition coefficient (Wildman–Crippen LogP) is 2.26. The van der Waals surface area contributed by atoms with Gasteiger partial charge in [-0.15, -0.1) is 11.3 Å². The van der Waals surface area contributed by atoms with Crippen LogP contribution in [0.2, 0.25) is 0 Å². The van der Waals surface area contributed by atoms with E-state index in [4.69, 9.17) is 4.52 Å². The highest BCUT2D eigenvalue weighted by molar-refractivity contribution is 7.10. The second kappa shape index (κ2) is 8.30. The highest BCUT2D eigenvalue weighted by atomic mass is 32.1. The number of rotatable bonds is 6. The molecule has 3 aromatic heterocycles. The summed E-state index contributed by atoms with van der Waals surface area (Å²) in [7, 11) is 0. The van der Waals surface area contributed by atoms with Gasteiger partial charge in [-0.3, -0.25) is 14.6 Å². The number of thiophene rings is 1. The molecule has 144 valence electrons. The first-order chi connectivity index (χ1) is 13.7. The zero-order chi connectivity index (χ0) is 19.3. The Labute approximate surface area is 165 Å². The summed E-state index contributed by atoms with van der Waals surface area (Å²) in [6.45, 7) is 0. The molecule has 9 heteroatoms. The van der Waals surface area contributed by atoms with Gasteiger partial charge in [-0.05, 0) is 30.0 Å². The van der Waals surface area contributed by atoms with E-state index in [-0.39, 0.29) is 30.3 Å². The maximum absolute atomic E-state index is 12.4. The minimum atomic E-state index is -0.189. The predicted molar refractivity (Wildman–Crippen MR) is 102 cm³/mol. The summed E-state index contributed by atoms with van der Waals surface area (Å²) in [5, 5.41) is 11.9. The number of carbonyl (C=O) groups is 2. The molecular formula is C19H19N5O3S. The summed E-state index contributed by atoms with van der Waals surface area (Å²) in [5.41, 5.74) is 0.763. The van der Waals surface area contributed by atoms with Crippen molar-refractivity contribution in [1.29, 1.82) is 0 Å². The van der Waals surface area contributed by atoms with E-state index in [9.17, 15) is 9.59 Å². The number of aryl methyl sites for hydroxylation is 1. The fourth-order valence-corrected chi connectivity index (χ4v) is 4.00. The average molecular weight is 397 g/mol. The van der Waals surface area contributed by atoms with Crippen LogP contribution in [0, 0.1) is 0 Å². The topological polar surface area (TPSA) is 110 Å². The summed E-state index contributed by atoms with van der Waals surface area (Å²) >= 11 is 1.57. The molecule has 4 rings (SSSR count). The monoisotopic (exact) mass is 397 g/mol. The average Bonchev–Trinajstić information content (AvgIpc) is 3.41. The van der Waals surface area contributed by atoms with Gasteiger partial charge in [0.2, 0.25) is 23.5 Å². The van der Waals surface area contributed by atoms with Crippen molar-refractivity contribution in [2.45, 2.75) is 37.8 Å². The smallest absolute Gasteiger partial charge is 0.227 e. The lowest BCUT2D eigenvalue weighted by Gasteiger charge is -2.32. The van der Waals surface area contributed by atoms with E-state index >= 15 is 0 Å². The van der Waals surface area contributed by atoms with E-state index in [2.05, 4.69) is 25.8 Å². The van der Waals surface area contributed by atoms with Gasteiger partial charge in [0, 0.05) is 42.1 Å². The van der Waals surface area contributed by atoms with Crippen molar-refractivity contribution < 1.29 is 14.1 Å². The maximum Gasteiger partial charge on any atom is 0.227 e. The van der Waals surface area contributed by atoms with Crippen molar-refractivity contribution in [2.24, 2.45) is 0 Å². The van der Waals surface area contributed by atoms with Gasteiger partial charge in [0.25, 0.3) is 0 Å². The number of hydrogen-bond donors (Lipinski definition) is 2. The lowest BCUT2D eigenvalue weighted by atomic mass is 9.96. The van der Waals surface area contributed by atoms with Crippen molar-refractivity contribution >= 4 is 23.2 Å². The molecule has 1 aliphatic heterocycles. The highest BCUT2D eigenvalue weighted by Gasteiger charge is 2.31. The zero-order valence-corrected chi connectivity index (χ0v) is 15.8. The molecular weight excluding hydrogens is 378 g/mol. The normalized spacial score (nSPS) is 19.2. The van der Waals surface area contributed by atoms with E-state index in [1.807, 2.05) is 23.6 Å². The largest absolute Gasteiger partial charge is 0.351 e. The van der Waals surface area contributed by atoms with Crippen LogP contribution in [0.1, 0.15) is 36.1 Å². The molecule has 2 atom stereocenters. The van der Waals surface area contributed by atoms with Gasteiger partial charge in [0.05, 0.1) is 12.1 Å². The molecule has 0 spiro atoms. The van der Waals surface area contributed by atoms with Gasteiger partial charge in [-0.2, -0.15) is 4.98 Å². The van der Waals surface area contributed by atoms with Gasteiger partial charge in [0.15, 0.2) is 0 Å². The molecule has 0 saturated carbocycles. The lowest BCUT2D eigenvalue weighted by Crippen LogP contribution is -2.49. The van der Waals surface area contributed by atoms with E-state index < -0.39 is 0 Å². The summed E-state index contributed by atoms with van der Waals surface area (Å²) in [5.74, 6) is 0.763. The summed E-state index contributed by atoms with van der Waals surface area (Å²) in [6.07, 6.45) is 4.93. The van der Waals surface area contributed by atoms with Crippen molar-refractivity contribution in [3.63, 3.8) is 0 Å². The summed E-state index contributed by atoms with van der Waals surface area (Å²) in [6, 6.07) is 7.23. The van der Waals surface area contributed by atoms with Crippen LogP contribution in [0.25, 0.3) is 11.4 Å². The molecule has 1 aliphatic rings. The van der Waals surface area contributed by atoms with Crippen LogP contribution in [-0.4, -0.2) is 33.0 Å². The Hall–Kier alpha value is -3.07. The van der Waals surface area contributed by atoms with Crippen molar-refractivity contribution in [3.05, 3.63) is 52.8 Å². The molecule has 2 N–H and O–H groups in total. The Kier molecular flexibility index (Phi) is 5.43. The Bertz CT molecular complexity index is 942. The number of pyridine rings is 1. The first-order valence-corrected chi connectivity index (χ1v) is 9.92. The van der Waals surface area contributed by atoms with Crippen LogP contribution in [0.4, 0.5) is 0 Å². The van der Waals surface area contributed by atoms with E-state index in [0.717, 1.165) is 10.4 Å². The molecule has 8 nitrogen and oxygen atoms in total. The van der Waals surface area contributed by atoms with Crippen LogP contribution in [0.5, 0.6) is 0 Å². The number of amides is 2. The van der Waals surface area contributed by atoms with E-state index in [1.165, 1.54) is 0 Å². The molecule has 0 aliphatic carbocycles. The Morgan fingerprint density at radius 3 is 3.07 bits per heavy atom. The minimum Gasteiger partial charge on any atom is -0.351 e. The number of nitrogens with one attached hydrogen (secondary N) is 2.